The third-order valence-corrected chi connectivity index (χ3v) is 9.40. The summed E-state index contributed by atoms with van der Waals surface area (Å²) >= 11 is 1.43. The minimum absolute atomic E-state index is 0.0697. The van der Waals surface area contributed by atoms with Crippen LogP contribution < -0.4 is 0 Å². The second-order valence-corrected chi connectivity index (χ2v) is 11.7. The summed E-state index contributed by atoms with van der Waals surface area (Å²) in [5.74, 6) is 3.91. The summed E-state index contributed by atoms with van der Waals surface area (Å²) in [5, 5.41) is 9.41. The number of halogens is 1. The average molecular weight is 495 g/mol. The van der Waals surface area contributed by atoms with Gasteiger partial charge in [0.1, 0.15) is 11.6 Å². The number of carbonyl (C=O) groups is 1. The van der Waals surface area contributed by atoms with Crippen LogP contribution in [-0.2, 0) is 18.4 Å². The fraction of sp³-hybridized carbons (Fsp3) is 0.519. The first-order valence-corrected chi connectivity index (χ1v) is 13.5. The van der Waals surface area contributed by atoms with Gasteiger partial charge in [0.15, 0.2) is 11.0 Å². The highest BCUT2D eigenvalue weighted by Gasteiger charge is 2.54. The Hall–Kier alpha value is -2.61. The Morgan fingerprint density at radius 1 is 1.11 bits per heavy atom. The number of hydrogen-bond donors (Lipinski definition) is 0. The summed E-state index contributed by atoms with van der Waals surface area (Å²) in [6.07, 6.45) is 8.92. The summed E-state index contributed by atoms with van der Waals surface area (Å²) in [7, 11) is 1.92. The van der Waals surface area contributed by atoms with Crippen LogP contribution in [0.1, 0.15) is 49.8 Å². The molecule has 4 saturated carbocycles. The maximum atomic E-state index is 13.9. The number of amides is 1. The molecule has 8 heteroatoms. The number of benzene rings is 1. The number of thioether (sulfide) groups is 1. The zero-order valence-electron chi connectivity index (χ0n) is 20.2. The molecule has 0 spiro atoms. The Kier molecular flexibility index (Phi) is 5.74. The topological polar surface area (TPSA) is 64.2 Å². The normalized spacial score (nSPS) is 26.9. The van der Waals surface area contributed by atoms with E-state index in [0.29, 0.717) is 17.5 Å². The summed E-state index contributed by atoms with van der Waals surface area (Å²) < 4.78 is 20.9. The highest BCUT2D eigenvalue weighted by molar-refractivity contribution is 7.99. The van der Waals surface area contributed by atoms with Crippen LogP contribution in [0.4, 0.5) is 4.39 Å². The lowest BCUT2D eigenvalue weighted by atomic mass is 9.52. The first-order valence-electron chi connectivity index (χ1n) is 12.5. The van der Waals surface area contributed by atoms with Gasteiger partial charge in [0.25, 0.3) is 0 Å². The van der Waals surface area contributed by atoms with E-state index in [1.165, 1.54) is 43.2 Å². The Labute approximate surface area is 209 Å². The van der Waals surface area contributed by atoms with Crippen molar-refractivity contribution >= 4 is 17.7 Å². The predicted octanol–water partition coefficient (Wildman–Crippen LogP) is 5.61. The van der Waals surface area contributed by atoms with Crippen molar-refractivity contribution in [1.82, 2.24) is 19.7 Å². The molecule has 1 amide bonds. The van der Waals surface area contributed by atoms with Crippen molar-refractivity contribution < 1.29 is 13.6 Å². The van der Waals surface area contributed by atoms with E-state index in [1.54, 1.807) is 6.26 Å². The number of furan rings is 1. The number of carbonyl (C=O) groups excluding carboxylic acids is 1. The number of rotatable bonds is 7. The summed E-state index contributed by atoms with van der Waals surface area (Å²) in [5.41, 5.74) is 1.82. The second-order valence-electron chi connectivity index (χ2n) is 10.8. The van der Waals surface area contributed by atoms with Gasteiger partial charge in [-0.2, -0.15) is 0 Å². The highest BCUT2D eigenvalue weighted by atomic mass is 32.2. The van der Waals surface area contributed by atoms with Crippen molar-refractivity contribution in [1.29, 1.82) is 0 Å². The molecule has 4 aliphatic carbocycles. The van der Waals surface area contributed by atoms with Crippen LogP contribution in [0.5, 0.6) is 0 Å². The van der Waals surface area contributed by atoms with Crippen molar-refractivity contribution in [2.45, 2.75) is 62.7 Å². The third-order valence-electron chi connectivity index (χ3n) is 8.39. The molecule has 2 aromatic heterocycles. The maximum Gasteiger partial charge on any atom is 0.233 e. The first-order chi connectivity index (χ1) is 16.9. The van der Waals surface area contributed by atoms with Crippen LogP contribution in [-0.4, -0.2) is 36.9 Å². The lowest BCUT2D eigenvalue weighted by Gasteiger charge is -2.60. The van der Waals surface area contributed by atoms with Crippen LogP contribution in [0, 0.1) is 30.5 Å². The fourth-order valence-corrected chi connectivity index (χ4v) is 7.97. The SMILES string of the molecule is Cc1occc1-c1nnc(SCC(=O)N(Cc2ccc(F)cc2)C23CC4CC(CC(C4)C2)C3)n1C. The smallest absolute Gasteiger partial charge is 0.233 e. The van der Waals surface area contributed by atoms with Gasteiger partial charge in [0.2, 0.25) is 5.91 Å². The Balaban J connectivity index is 1.24. The van der Waals surface area contributed by atoms with Crippen molar-refractivity contribution in [2.24, 2.45) is 24.8 Å². The van der Waals surface area contributed by atoms with Gasteiger partial charge in [-0.3, -0.25) is 4.79 Å². The molecule has 0 N–H and O–H groups in total. The van der Waals surface area contributed by atoms with Crippen LogP contribution in [0.2, 0.25) is 0 Å². The molecule has 0 saturated heterocycles. The summed E-state index contributed by atoms with van der Waals surface area (Å²) in [6, 6.07) is 8.49. The molecule has 184 valence electrons. The number of hydrogen-bond acceptors (Lipinski definition) is 5. The Bertz CT molecular complexity index is 1200. The van der Waals surface area contributed by atoms with Gasteiger partial charge in [-0.05, 0) is 87.0 Å². The van der Waals surface area contributed by atoms with Gasteiger partial charge >= 0.3 is 0 Å². The fourth-order valence-electron chi connectivity index (χ4n) is 7.18. The summed E-state index contributed by atoms with van der Waals surface area (Å²) in [6.45, 7) is 2.43. The maximum absolute atomic E-state index is 13.9. The monoisotopic (exact) mass is 494 g/mol. The van der Waals surface area contributed by atoms with Crippen LogP contribution in [0.3, 0.4) is 0 Å². The van der Waals surface area contributed by atoms with E-state index in [2.05, 4.69) is 15.1 Å². The number of aromatic nitrogens is 3. The van der Waals surface area contributed by atoms with Crippen molar-refractivity contribution in [3.8, 4) is 11.4 Å². The molecular weight excluding hydrogens is 463 g/mol. The van der Waals surface area contributed by atoms with E-state index in [9.17, 15) is 9.18 Å². The van der Waals surface area contributed by atoms with Gasteiger partial charge in [0, 0.05) is 19.1 Å². The lowest BCUT2D eigenvalue weighted by molar-refractivity contribution is -0.149. The van der Waals surface area contributed by atoms with Crippen molar-refractivity contribution in [2.75, 3.05) is 5.75 Å². The molecule has 4 fully saturated rings. The molecule has 0 atom stereocenters. The van der Waals surface area contributed by atoms with Crippen LogP contribution in [0.15, 0.2) is 46.2 Å². The molecule has 2 heterocycles. The first kappa shape index (κ1) is 22.8. The molecule has 7 rings (SSSR count). The summed E-state index contributed by atoms with van der Waals surface area (Å²) in [4.78, 5) is 16.0. The molecule has 0 aliphatic heterocycles. The third kappa shape index (κ3) is 4.20. The van der Waals surface area contributed by atoms with Gasteiger partial charge < -0.3 is 13.9 Å². The van der Waals surface area contributed by atoms with Crippen molar-refractivity contribution in [3.63, 3.8) is 0 Å². The zero-order chi connectivity index (χ0) is 24.2. The van der Waals surface area contributed by atoms with Crippen LogP contribution >= 0.6 is 11.8 Å². The van der Waals surface area contributed by atoms with E-state index < -0.39 is 0 Å². The molecule has 1 aromatic carbocycles. The minimum Gasteiger partial charge on any atom is -0.469 e. The average Bonchev–Trinajstić information content (AvgIpc) is 3.40. The molecule has 3 aromatic rings. The molecule has 6 nitrogen and oxygen atoms in total. The van der Waals surface area contributed by atoms with Gasteiger partial charge in [-0.15, -0.1) is 10.2 Å². The number of nitrogens with zero attached hydrogens (tertiary/aromatic N) is 4. The van der Waals surface area contributed by atoms with E-state index in [0.717, 1.165) is 59.7 Å². The van der Waals surface area contributed by atoms with E-state index in [4.69, 9.17) is 4.42 Å². The van der Waals surface area contributed by atoms with Gasteiger partial charge in [-0.1, -0.05) is 23.9 Å². The van der Waals surface area contributed by atoms with Crippen molar-refractivity contribution in [3.05, 3.63) is 53.7 Å². The second kappa shape index (κ2) is 8.80. The number of aryl methyl sites for hydroxylation is 1. The van der Waals surface area contributed by atoms with E-state index in [1.807, 2.05) is 36.7 Å². The largest absolute Gasteiger partial charge is 0.469 e. The molecule has 35 heavy (non-hydrogen) atoms. The zero-order valence-corrected chi connectivity index (χ0v) is 21.1. The van der Waals surface area contributed by atoms with Gasteiger partial charge in [0.05, 0.1) is 17.6 Å². The highest BCUT2D eigenvalue weighted by Crippen LogP contribution is 2.58. The quantitative estimate of drug-likeness (QED) is 0.399. The predicted molar refractivity (Wildman–Crippen MR) is 132 cm³/mol. The standard InChI is InChI=1S/C27H31FN4O2S/c1-17-23(7-8-34-17)25-29-30-26(31(25)2)35-16-24(33)32(15-18-3-5-22(28)6-4-18)27-12-19-9-20(13-27)11-21(10-19)14-27/h3-8,19-21H,9-16H2,1-2H3. The lowest BCUT2D eigenvalue weighted by Crippen LogP contribution is -2.61. The molecule has 0 unspecified atom stereocenters. The van der Waals surface area contributed by atoms with Gasteiger partial charge in [-0.25, -0.2) is 4.39 Å². The molecule has 0 radical (unpaired) electrons. The minimum atomic E-state index is -0.247. The Morgan fingerprint density at radius 2 is 1.77 bits per heavy atom. The van der Waals surface area contributed by atoms with E-state index >= 15 is 0 Å². The Morgan fingerprint density at radius 3 is 2.37 bits per heavy atom. The molecule has 4 bridgehead atoms. The van der Waals surface area contributed by atoms with E-state index in [-0.39, 0.29) is 17.3 Å². The molecular formula is C27H31FN4O2S. The van der Waals surface area contributed by atoms with Crippen LogP contribution in [0.25, 0.3) is 11.4 Å². The molecule has 4 aliphatic rings.